The number of aliphatic hydroxyl groups is 1. The highest BCUT2D eigenvalue weighted by atomic mass is 16.7. The molecule has 5 nitrogen and oxygen atoms in total. The average Bonchev–Trinajstić information content (AvgIpc) is 3.47. The normalized spacial score (nSPS) is 25.6. The fraction of sp³-hybridized carbons (Fsp3) is 0.625. The minimum Gasteiger partial charge on any atom is -0.459 e. The van der Waals surface area contributed by atoms with Gasteiger partial charge in [-0.2, -0.15) is 0 Å². The molecule has 2 N–H and O–H groups in total. The summed E-state index contributed by atoms with van der Waals surface area (Å²) in [7, 11) is 0. The standard InChI is InChI=1S/C24H33NO4/c26-15-17-9-11-18(12-10-17)16-28-23-14-20(19-5-1-2-6-19)13-22(29-23)24(27)25-21-7-3-4-8-21/h9-13,19-21,23,26H,1-8,14-16H2,(H,25,27)/t20-,23+/m0/s1. The summed E-state index contributed by atoms with van der Waals surface area (Å²) >= 11 is 0. The van der Waals surface area contributed by atoms with Crippen molar-refractivity contribution in [2.75, 3.05) is 0 Å². The molecule has 0 spiro atoms. The van der Waals surface area contributed by atoms with E-state index in [4.69, 9.17) is 9.47 Å². The van der Waals surface area contributed by atoms with Crippen molar-refractivity contribution in [3.05, 3.63) is 47.2 Å². The van der Waals surface area contributed by atoms with Crippen LogP contribution >= 0.6 is 0 Å². The maximum atomic E-state index is 12.8. The third kappa shape index (κ3) is 5.40. The summed E-state index contributed by atoms with van der Waals surface area (Å²) in [4.78, 5) is 12.8. The van der Waals surface area contributed by atoms with E-state index in [2.05, 4.69) is 11.4 Å². The third-order valence-corrected chi connectivity index (χ3v) is 6.65. The summed E-state index contributed by atoms with van der Waals surface area (Å²) in [5.41, 5.74) is 1.92. The van der Waals surface area contributed by atoms with Gasteiger partial charge in [-0.15, -0.1) is 0 Å². The summed E-state index contributed by atoms with van der Waals surface area (Å²) < 4.78 is 12.1. The Kier molecular flexibility index (Phi) is 6.88. The first-order valence-corrected chi connectivity index (χ1v) is 11.2. The summed E-state index contributed by atoms with van der Waals surface area (Å²) in [6.07, 6.45) is 12.0. The zero-order valence-corrected chi connectivity index (χ0v) is 17.1. The number of carbonyl (C=O) groups is 1. The van der Waals surface area contributed by atoms with Gasteiger partial charge in [-0.25, -0.2) is 0 Å². The van der Waals surface area contributed by atoms with Crippen molar-refractivity contribution in [1.82, 2.24) is 5.32 Å². The Bertz CT molecular complexity index is 702. The number of benzene rings is 1. The Morgan fingerprint density at radius 2 is 1.69 bits per heavy atom. The van der Waals surface area contributed by atoms with E-state index in [0.717, 1.165) is 30.4 Å². The molecule has 0 aromatic heterocycles. The van der Waals surface area contributed by atoms with Crippen molar-refractivity contribution in [1.29, 1.82) is 0 Å². The van der Waals surface area contributed by atoms with Crippen LogP contribution in [-0.2, 0) is 27.5 Å². The van der Waals surface area contributed by atoms with Gasteiger partial charge in [0.15, 0.2) is 5.76 Å². The Hall–Kier alpha value is -1.85. The number of aliphatic hydroxyl groups excluding tert-OH is 1. The Morgan fingerprint density at radius 3 is 2.38 bits per heavy atom. The number of rotatable bonds is 7. The van der Waals surface area contributed by atoms with Crippen molar-refractivity contribution in [3.8, 4) is 0 Å². The van der Waals surface area contributed by atoms with Gasteiger partial charge in [0.2, 0.25) is 6.29 Å². The fourth-order valence-corrected chi connectivity index (χ4v) is 4.92. The van der Waals surface area contributed by atoms with Gasteiger partial charge in [-0.1, -0.05) is 49.9 Å². The summed E-state index contributed by atoms with van der Waals surface area (Å²) in [5.74, 6) is 1.33. The highest BCUT2D eigenvalue weighted by molar-refractivity contribution is 5.91. The first-order chi connectivity index (χ1) is 14.2. The van der Waals surface area contributed by atoms with Crippen molar-refractivity contribution in [2.24, 2.45) is 11.8 Å². The number of ether oxygens (including phenoxy) is 2. The van der Waals surface area contributed by atoms with Gasteiger partial charge in [-0.3, -0.25) is 4.79 Å². The second-order valence-corrected chi connectivity index (χ2v) is 8.76. The van der Waals surface area contributed by atoms with Gasteiger partial charge < -0.3 is 19.9 Å². The molecular formula is C24H33NO4. The maximum Gasteiger partial charge on any atom is 0.286 e. The van der Waals surface area contributed by atoms with E-state index in [-0.39, 0.29) is 18.6 Å². The molecular weight excluding hydrogens is 366 g/mol. The molecule has 4 rings (SSSR count). The highest BCUT2D eigenvalue weighted by Gasteiger charge is 2.34. The molecule has 1 aromatic carbocycles. The number of hydrogen-bond acceptors (Lipinski definition) is 4. The van der Waals surface area contributed by atoms with Crippen LogP contribution in [0.1, 0.15) is 68.9 Å². The number of amides is 1. The van der Waals surface area contributed by atoms with E-state index in [0.29, 0.717) is 24.2 Å². The molecule has 2 saturated carbocycles. The smallest absolute Gasteiger partial charge is 0.286 e. The molecule has 0 saturated heterocycles. The van der Waals surface area contributed by atoms with Gasteiger partial charge in [0.1, 0.15) is 0 Å². The predicted molar refractivity (Wildman–Crippen MR) is 111 cm³/mol. The molecule has 0 radical (unpaired) electrons. The minimum absolute atomic E-state index is 0.0419. The molecule has 2 fully saturated rings. The van der Waals surface area contributed by atoms with Crippen LogP contribution in [0.15, 0.2) is 36.1 Å². The van der Waals surface area contributed by atoms with Gasteiger partial charge >= 0.3 is 0 Å². The van der Waals surface area contributed by atoms with Gasteiger partial charge in [0, 0.05) is 12.5 Å². The van der Waals surface area contributed by atoms with E-state index in [1.807, 2.05) is 24.3 Å². The third-order valence-electron chi connectivity index (χ3n) is 6.65. The zero-order chi connectivity index (χ0) is 20.1. The number of hydrogen-bond donors (Lipinski definition) is 2. The van der Waals surface area contributed by atoms with Crippen LogP contribution < -0.4 is 5.32 Å². The molecule has 2 atom stereocenters. The molecule has 3 aliphatic rings. The SMILES string of the molecule is O=C(NC1CCCC1)C1=C[C@H](C2CCCC2)C[C@H](OCc2ccc(CO)cc2)O1. The molecule has 5 heteroatoms. The lowest BCUT2D eigenvalue weighted by Crippen LogP contribution is -2.38. The predicted octanol–water partition coefficient (Wildman–Crippen LogP) is 4.19. The number of allylic oxidation sites excluding steroid dienone is 1. The van der Waals surface area contributed by atoms with Crippen LogP contribution in [0.3, 0.4) is 0 Å². The second-order valence-electron chi connectivity index (χ2n) is 8.76. The molecule has 2 aliphatic carbocycles. The second kappa shape index (κ2) is 9.77. The quantitative estimate of drug-likeness (QED) is 0.721. The lowest BCUT2D eigenvalue weighted by Gasteiger charge is -2.32. The first-order valence-electron chi connectivity index (χ1n) is 11.2. The van der Waals surface area contributed by atoms with Crippen molar-refractivity contribution < 1.29 is 19.4 Å². The number of carbonyl (C=O) groups excluding carboxylic acids is 1. The minimum atomic E-state index is -0.396. The summed E-state index contributed by atoms with van der Waals surface area (Å²) in [6, 6.07) is 8.02. The topological polar surface area (TPSA) is 67.8 Å². The number of nitrogens with one attached hydrogen (secondary N) is 1. The first kappa shape index (κ1) is 20.4. The van der Waals surface area contributed by atoms with E-state index in [1.165, 1.54) is 38.5 Å². The van der Waals surface area contributed by atoms with Crippen LogP contribution in [-0.4, -0.2) is 23.3 Å². The van der Waals surface area contributed by atoms with Crippen molar-refractivity contribution >= 4 is 5.91 Å². The summed E-state index contributed by atoms with van der Waals surface area (Å²) in [6.45, 7) is 0.478. The van der Waals surface area contributed by atoms with Crippen LogP contribution in [0.25, 0.3) is 0 Å². The Balaban J connectivity index is 1.40. The highest BCUT2D eigenvalue weighted by Crippen LogP contribution is 2.38. The van der Waals surface area contributed by atoms with Gasteiger partial charge in [0.25, 0.3) is 5.91 Å². The maximum absolute atomic E-state index is 12.8. The van der Waals surface area contributed by atoms with Crippen LogP contribution in [0.4, 0.5) is 0 Å². The molecule has 1 aliphatic heterocycles. The Morgan fingerprint density at radius 1 is 1.03 bits per heavy atom. The van der Waals surface area contributed by atoms with Gasteiger partial charge in [-0.05, 0) is 54.7 Å². The molecule has 1 amide bonds. The van der Waals surface area contributed by atoms with E-state index >= 15 is 0 Å². The molecule has 1 aromatic rings. The van der Waals surface area contributed by atoms with Crippen LogP contribution in [0.2, 0.25) is 0 Å². The molecule has 0 unspecified atom stereocenters. The molecule has 158 valence electrons. The van der Waals surface area contributed by atoms with E-state index in [9.17, 15) is 9.90 Å². The lowest BCUT2D eigenvalue weighted by molar-refractivity contribution is -0.155. The Labute approximate surface area is 173 Å². The molecule has 29 heavy (non-hydrogen) atoms. The van der Waals surface area contributed by atoms with Crippen molar-refractivity contribution in [2.45, 2.75) is 83.3 Å². The summed E-state index contributed by atoms with van der Waals surface area (Å²) in [5, 5.41) is 12.3. The molecule has 1 heterocycles. The molecule has 0 bridgehead atoms. The zero-order valence-electron chi connectivity index (χ0n) is 17.1. The average molecular weight is 400 g/mol. The van der Waals surface area contributed by atoms with Crippen molar-refractivity contribution in [3.63, 3.8) is 0 Å². The van der Waals surface area contributed by atoms with Crippen LogP contribution in [0.5, 0.6) is 0 Å². The van der Waals surface area contributed by atoms with E-state index < -0.39 is 6.29 Å². The monoisotopic (exact) mass is 399 g/mol. The van der Waals surface area contributed by atoms with E-state index in [1.54, 1.807) is 0 Å². The van der Waals surface area contributed by atoms with Gasteiger partial charge in [0.05, 0.1) is 13.2 Å². The van der Waals surface area contributed by atoms with Crippen LogP contribution in [0, 0.1) is 11.8 Å². The fourth-order valence-electron chi connectivity index (χ4n) is 4.92. The lowest BCUT2D eigenvalue weighted by atomic mass is 9.86. The largest absolute Gasteiger partial charge is 0.459 e.